The van der Waals surface area contributed by atoms with Crippen LogP contribution in [0.5, 0.6) is 5.88 Å². The van der Waals surface area contributed by atoms with Crippen molar-refractivity contribution < 1.29 is 4.74 Å². The molecule has 0 amide bonds. The molecule has 1 aliphatic carbocycles. The number of pyridine rings is 2. The molecular formula is C15H18ClN3O. The van der Waals surface area contributed by atoms with Gasteiger partial charge in [-0.15, -0.1) is 0 Å². The molecule has 4 nitrogen and oxygen atoms in total. The van der Waals surface area contributed by atoms with Crippen molar-refractivity contribution in [2.75, 3.05) is 0 Å². The van der Waals surface area contributed by atoms with Gasteiger partial charge in [0.15, 0.2) is 0 Å². The minimum atomic E-state index is 0.171. The third kappa shape index (κ3) is 2.86. The third-order valence-corrected chi connectivity index (χ3v) is 3.94. The first kappa shape index (κ1) is 13.6. The molecule has 0 unspecified atom stereocenters. The van der Waals surface area contributed by atoms with Crippen LogP contribution in [0.15, 0.2) is 18.3 Å². The van der Waals surface area contributed by atoms with Crippen LogP contribution in [0.3, 0.4) is 0 Å². The summed E-state index contributed by atoms with van der Waals surface area (Å²) in [5.74, 6) is 0.587. The van der Waals surface area contributed by atoms with Crippen LogP contribution in [0.4, 0.5) is 0 Å². The van der Waals surface area contributed by atoms with Gasteiger partial charge in [-0.2, -0.15) is 0 Å². The van der Waals surface area contributed by atoms with Crippen molar-refractivity contribution in [3.05, 3.63) is 29.0 Å². The lowest BCUT2D eigenvalue weighted by molar-refractivity contribution is 0.143. The molecule has 2 aromatic rings. The Kier molecular flexibility index (Phi) is 3.76. The van der Waals surface area contributed by atoms with E-state index in [0.29, 0.717) is 17.1 Å². The lowest BCUT2D eigenvalue weighted by Gasteiger charge is -2.26. The summed E-state index contributed by atoms with van der Waals surface area (Å²) in [6.07, 6.45) is 5.93. The van der Waals surface area contributed by atoms with E-state index in [1.54, 1.807) is 6.07 Å². The van der Waals surface area contributed by atoms with Gasteiger partial charge in [0.2, 0.25) is 5.88 Å². The van der Waals surface area contributed by atoms with Crippen molar-refractivity contribution in [1.29, 1.82) is 0 Å². The molecule has 5 heteroatoms. The lowest BCUT2D eigenvalue weighted by atomic mass is 9.94. The van der Waals surface area contributed by atoms with E-state index in [4.69, 9.17) is 22.1 Å². The number of rotatable bonds is 2. The first-order valence-electron chi connectivity index (χ1n) is 6.97. The van der Waals surface area contributed by atoms with E-state index in [1.807, 2.05) is 19.2 Å². The van der Waals surface area contributed by atoms with Crippen molar-refractivity contribution in [2.45, 2.75) is 44.8 Å². The minimum absolute atomic E-state index is 0.171. The van der Waals surface area contributed by atoms with Gasteiger partial charge in [-0.25, -0.2) is 4.98 Å². The van der Waals surface area contributed by atoms with Crippen LogP contribution in [-0.4, -0.2) is 22.1 Å². The molecule has 0 bridgehead atoms. The van der Waals surface area contributed by atoms with E-state index in [1.165, 1.54) is 0 Å². The molecule has 106 valence electrons. The largest absolute Gasteiger partial charge is 0.474 e. The Morgan fingerprint density at radius 2 is 2.00 bits per heavy atom. The number of fused-ring (bicyclic) bond motifs is 1. The minimum Gasteiger partial charge on any atom is -0.474 e. The fraction of sp³-hybridized carbons (Fsp3) is 0.467. The zero-order valence-electron chi connectivity index (χ0n) is 11.5. The fourth-order valence-electron chi connectivity index (χ4n) is 2.62. The summed E-state index contributed by atoms with van der Waals surface area (Å²) in [7, 11) is 0. The van der Waals surface area contributed by atoms with E-state index in [9.17, 15) is 0 Å². The predicted octanol–water partition coefficient (Wildman–Crippen LogP) is 3.24. The molecule has 2 heterocycles. The van der Waals surface area contributed by atoms with Crippen molar-refractivity contribution in [3.63, 3.8) is 0 Å². The number of halogens is 1. The van der Waals surface area contributed by atoms with Gasteiger partial charge in [-0.3, -0.25) is 4.98 Å². The number of aryl methyl sites for hydroxylation is 1. The van der Waals surface area contributed by atoms with Crippen LogP contribution in [0.25, 0.3) is 10.9 Å². The molecule has 1 fully saturated rings. The van der Waals surface area contributed by atoms with Gasteiger partial charge in [-0.1, -0.05) is 11.6 Å². The molecule has 3 rings (SSSR count). The Morgan fingerprint density at radius 3 is 2.75 bits per heavy atom. The lowest BCUT2D eigenvalue weighted by Crippen LogP contribution is -2.31. The highest BCUT2D eigenvalue weighted by Crippen LogP contribution is 2.29. The smallest absolute Gasteiger partial charge is 0.224 e. The van der Waals surface area contributed by atoms with Gasteiger partial charge in [0.1, 0.15) is 11.3 Å². The molecule has 0 saturated heterocycles. The summed E-state index contributed by atoms with van der Waals surface area (Å²) in [6.45, 7) is 2.00. The van der Waals surface area contributed by atoms with E-state index in [2.05, 4.69) is 9.97 Å². The second-order valence-electron chi connectivity index (χ2n) is 5.48. The van der Waals surface area contributed by atoms with E-state index >= 15 is 0 Å². The van der Waals surface area contributed by atoms with Gasteiger partial charge < -0.3 is 10.5 Å². The van der Waals surface area contributed by atoms with Crippen LogP contribution in [0.2, 0.25) is 5.15 Å². The van der Waals surface area contributed by atoms with Crippen LogP contribution in [-0.2, 0) is 0 Å². The summed E-state index contributed by atoms with van der Waals surface area (Å²) in [5, 5.41) is 1.33. The number of nitrogens with zero attached hydrogens (tertiary/aromatic N) is 2. The molecule has 0 aliphatic heterocycles. The van der Waals surface area contributed by atoms with E-state index in [0.717, 1.165) is 42.1 Å². The Labute approximate surface area is 123 Å². The van der Waals surface area contributed by atoms with Gasteiger partial charge >= 0.3 is 0 Å². The second-order valence-corrected chi connectivity index (χ2v) is 5.87. The maximum atomic E-state index is 6.06. The van der Waals surface area contributed by atoms with Crippen molar-refractivity contribution >= 4 is 22.5 Å². The van der Waals surface area contributed by atoms with Crippen LogP contribution in [0, 0.1) is 6.92 Å². The molecular weight excluding hydrogens is 274 g/mol. The second kappa shape index (κ2) is 5.54. The maximum absolute atomic E-state index is 6.06. The highest BCUT2D eigenvalue weighted by atomic mass is 35.5. The van der Waals surface area contributed by atoms with Crippen molar-refractivity contribution in [1.82, 2.24) is 9.97 Å². The molecule has 0 spiro atoms. The fourth-order valence-corrected chi connectivity index (χ4v) is 2.80. The normalized spacial score (nSPS) is 22.9. The molecule has 1 saturated carbocycles. The summed E-state index contributed by atoms with van der Waals surface area (Å²) >= 11 is 6.05. The van der Waals surface area contributed by atoms with Crippen LogP contribution >= 0.6 is 11.6 Å². The number of hydrogen-bond donors (Lipinski definition) is 1. The zero-order valence-corrected chi connectivity index (χ0v) is 12.2. The molecule has 0 aromatic carbocycles. The van der Waals surface area contributed by atoms with E-state index in [-0.39, 0.29) is 6.10 Å². The zero-order chi connectivity index (χ0) is 14.1. The first-order valence-corrected chi connectivity index (χ1v) is 7.35. The highest BCUT2D eigenvalue weighted by Gasteiger charge is 2.21. The number of aromatic nitrogens is 2. The summed E-state index contributed by atoms with van der Waals surface area (Å²) in [5.41, 5.74) is 7.82. The maximum Gasteiger partial charge on any atom is 0.224 e. The molecule has 2 N–H and O–H groups in total. The first-order chi connectivity index (χ1) is 9.61. The average molecular weight is 292 g/mol. The highest BCUT2D eigenvalue weighted by molar-refractivity contribution is 6.30. The molecule has 1 aliphatic rings. The SMILES string of the molecule is Cc1cnc2cc(Cl)nc(O[C@H]3CC[C@@H](N)CC3)c2c1. The van der Waals surface area contributed by atoms with Crippen molar-refractivity contribution in [3.8, 4) is 5.88 Å². The Hall–Kier alpha value is -1.39. The van der Waals surface area contributed by atoms with Gasteiger partial charge in [0.25, 0.3) is 0 Å². The topological polar surface area (TPSA) is 61.0 Å². The summed E-state index contributed by atoms with van der Waals surface area (Å²) in [4.78, 5) is 8.71. The standard InChI is InChI=1S/C15H18ClN3O/c1-9-6-12-13(18-8-9)7-14(16)19-15(12)20-11-4-2-10(17)3-5-11/h6-8,10-11H,2-5,17H2,1H3/t10-,11+. The summed E-state index contributed by atoms with van der Waals surface area (Å²) in [6, 6.07) is 4.11. The van der Waals surface area contributed by atoms with E-state index < -0.39 is 0 Å². The van der Waals surface area contributed by atoms with Gasteiger partial charge in [0, 0.05) is 18.3 Å². The van der Waals surface area contributed by atoms with Gasteiger partial charge in [0.05, 0.1) is 10.9 Å². The van der Waals surface area contributed by atoms with Crippen molar-refractivity contribution in [2.24, 2.45) is 5.73 Å². The van der Waals surface area contributed by atoms with Gasteiger partial charge in [-0.05, 0) is 44.2 Å². The quantitative estimate of drug-likeness (QED) is 0.863. The summed E-state index contributed by atoms with van der Waals surface area (Å²) < 4.78 is 6.06. The molecule has 20 heavy (non-hydrogen) atoms. The molecule has 0 radical (unpaired) electrons. The number of ether oxygens (including phenoxy) is 1. The average Bonchev–Trinajstić information content (AvgIpc) is 2.42. The van der Waals surface area contributed by atoms with Crippen LogP contribution < -0.4 is 10.5 Å². The molecule has 0 atom stereocenters. The predicted molar refractivity (Wildman–Crippen MR) is 80.1 cm³/mol. The Balaban J connectivity index is 1.92. The number of nitrogens with two attached hydrogens (primary N) is 1. The monoisotopic (exact) mass is 291 g/mol. The molecule has 2 aromatic heterocycles. The van der Waals surface area contributed by atoms with Crippen LogP contribution in [0.1, 0.15) is 31.2 Å². The Morgan fingerprint density at radius 1 is 1.25 bits per heavy atom. The number of hydrogen-bond acceptors (Lipinski definition) is 4. The Bertz CT molecular complexity index is 624. The third-order valence-electron chi connectivity index (χ3n) is 3.75.